The fourth-order valence-corrected chi connectivity index (χ4v) is 5.93. The average molecular weight is 469 g/mol. The van der Waals surface area contributed by atoms with Gasteiger partial charge in [-0.1, -0.05) is 106 Å². The second kappa shape index (κ2) is 8.34. The summed E-state index contributed by atoms with van der Waals surface area (Å²) in [7, 11) is 0. The van der Waals surface area contributed by atoms with Crippen LogP contribution < -0.4 is 5.73 Å². The van der Waals surface area contributed by atoms with Gasteiger partial charge >= 0.3 is 0 Å². The molecule has 2 aliphatic carbocycles. The predicted octanol–water partition coefficient (Wildman–Crippen LogP) is 8.21. The highest BCUT2D eigenvalue weighted by atomic mass is 14.7. The molecular weight excluding hydrogens is 436 g/mol. The van der Waals surface area contributed by atoms with Crippen molar-refractivity contribution in [2.45, 2.75) is 27.2 Å². The van der Waals surface area contributed by atoms with Crippen LogP contribution in [-0.4, -0.2) is 4.98 Å². The Hall–Kier alpha value is -3.91. The van der Waals surface area contributed by atoms with Gasteiger partial charge in [0.25, 0.3) is 0 Å². The van der Waals surface area contributed by atoms with Crippen LogP contribution in [0.2, 0.25) is 0 Å². The molecule has 2 aliphatic rings. The maximum Gasteiger partial charge on any atom is 0.0708 e. The first-order valence-electron chi connectivity index (χ1n) is 12.8. The van der Waals surface area contributed by atoms with Crippen molar-refractivity contribution in [3.63, 3.8) is 0 Å². The van der Waals surface area contributed by atoms with Gasteiger partial charge in [0.1, 0.15) is 0 Å². The normalized spacial score (nSPS) is 23.7. The van der Waals surface area contributed by atoms with Crippen LogP contribution >= 0.6 is 0 Å². The summed E-state index contributed by atoms with van der Waals surface area (Å²) in [5.74, 6) is 0.449. The molecule has 0 aliphatic heterocycles. The SMILES string of the molecule is CC(C)(C)C12/C=C(\N)c3cc(-c4ccccc4)ccc3/C(c3ccccc3-c3ccccn3)=C\[C@@H]1C2. The lowest BCUT2D eigenvalue weighted by atomic mass is 9.73. The molecule has 2 heteroatoms. The Balaban J connectivity index is 1.61. The molecule has 1 fully saturated rings. The Morgan fingerprint density at radius 3 is 2.17 bits per heavy atom. The maximum absolute atomic E-state index is 6.97. The van der Waals surface area contributed by atoms with Crippen molar-refractivity contribution < 1.29 is 0 Å². The van der Waals surface area contributed by atoms with Gasteiger partial charge in [-0.3, -0.25) is 4.98 Å². The van der Waals surface area contributed by atoms with Crippen LogP contribution in [0.3, 0.4) is 0 Å². The van der Waals surface area contributed by atoms with E-state index in [4.69, 9.17) is 10.7 Å². The van der Waals surface area contributed by atoms with E-state index in [1.54, 1.807) is 0 Å². The van der Waals surface area contributed by atoms with Crippen molar-refractivity contribution in [1.29, 1.82) is 0 Å². The molecule has 0 saturated heterocycles. The van der Waals surface area contributed by atoms with Crippen LogP contribution in [0, 0.1) is 16.7 Å². The number of nitrogens with zero attached hydrogens (tertiary/aromatic N) is 1. The zero-order valence-electron chi connectivity index (χ0n) is 21.2. The van der Waals surface area contributed by atoms with Gasteiger partial charge in [0.15, 0.2) is 0 Å². The maximum atomic E-state index is 6.97. The molecule has 1 saturated carbocycles. The van der Waals surface area contributed by atoms with Crippen molar-refractivity contribution in [3.05, 3.63) is 126 Å². The van der Waals surface area contributed by atoms with Gasteiger partial charge in [-0.05, 0) is 63.8 Å². The first-order chi connectivity index (χ1) is 17.4. The molecule has 0 spiro atoms. The van der Waals surface area contributed by atoms with E-state index >= 15 is 0 Å². The highest BCUT2D eigenvalue weighted by molar-refractivity contribution is 5.94. The number of aromatic nitrogens is 1. The number of hydrogen-bond acceptors (Lipinski definition) is 2. The minimum Gasteiger partial charge on any atom is -0.398 e. The van der Waals surface area contributed by atoms with Crippen LogP contribution in [0.5, 0.6) is 0 Å². The fraction of sp³-hybridized carbons (Fsp3) is 0.206. The van der Waals surface area contributed by atoms with Crippen LogP contribution in [0.25, 0.3) is 33.7 Å². The van der Waals surface area contributed by atoms with Crippen molar-refractivity contribution in [2.24, 2.45) is 22.5 Å². The second-order valence-electron chi connectivity index (χ2n) is 11.2. The van der Waals surface area contributed by atoms with E-state index in [9.17, 15) is 0 Å². The monoisotopic (exact) mass is 468 g/mol. The molecule has 4 aromatic rings. The lowest BCUT2D eigenvalue weighted by Gasteiger charge is -2.32. The molecule has 2 N–H and O–H groups in total. The first-order valence-corrected chi connectivity index (χ1v) is 12.8. The van der Waals surface area contributed by atoms with Gasteiger partial charge in [-0.15, -0.1) is 0 Å². The topological polar surface area (TPSA) is 38.9 Å². The molecule has 2 nitrogen and oxygen atoms in total. The van der Waals surface area contributed by atoms with E-state index in [0.29, 0.717) is 5.92 Å². The highest BCUT2D eigenvalue weighted by Gasteiger charge is 2.59. The Kier molecular flexibility index (Phi) is 5.22. The second-order valence-corrected chi connectivity index (χ2v) is 11.2. The standard InChI is InChI=1S/C34H32N2/c1-33(2,3)34-21-25(34)20-29(26-13-7-8-14-28(26)32-15-9-10-18-36-32)27-17-16-24(19-30(27)31(35)22-34)23-11-5-4-6-12-23/h4-20,22,25H,21,35H2,1-3H3/b29-20-,31-22-/t25-,34?/m1/s1. The Labute approximate surface area is 214 Å². The van der Waals surface area contributed by atoms with Crippen LogP contribution in [-0.2, 0) is 0 Å². The largest absolute Gasteiger partial charge is 0.398 e. The third-order valence-corrected chi connectivity index (χ3v) is 8.12. The Bertz CT molecular complexity index is 1490. The van der Waals surface area contributed by atoms with E-state index in [1.807, 2.05) is 12.3 Å². The summed E-state index contributed by atoms with van der Waals surface area (Å²) < 4.78 is 0. The fourth-order valence-electron chi connectivity index (χ4n) is 5.93. The average Bonchev–Trinajstić information content (AvgIpc) is 3.60. The van der Waals surface area contributed by atoms with Gasteiger partial charge < -0.3 is 5.73 Å². The molecule has 0 amide bonds. The lowest BCUT2D eigenvalue weighted by Crippen LogP contribution is -2.24. The van der Waals surface area contributed by atoms with E-state index in [1.165, 1.54) is 27.8 Å². The summed E-state index contributed by atoms with van der Waals surface area (Å²) in [6.07, 6.45) is 7.86. The summed E-state index contributed by atoms with van der Waals surface area (Å²) in [6, 6.07) is 32.0. The van der Waals surface area contributed by atoms with E-state index in [-0.39, 0.29) is 10.8 Å². The molecular formula is C34H32N2. The number of pyridine rings is 1. The third kappa shape index (κ3) is 3.69. The molecule has 2 atom stereocenters. The summed E-state index contributed by atoms with van der Waals surface area (Å²) in [4.78, 5) is 4.69. The van der Waals surface area contributed by atoms with Crippen LogP contribution in [0.1, 0.15) is 43.9 Å². The molecule has 0 bridgehead atoms. The summed E-state index contributed by atoms with van der Waals surface area (Å²) in [6.45, 7) is 7.03. The minimum atomic E-state index is 0.0582. The molecule has 1 aromatic heterocycles. The van der Waals surface area contributed by atoms with E-state index in [0.717, 1.165) is 28.9 Å². The van der Waals surface area contributed by atoms with Crippen molar-refractivity contribution in [2.75, 3.05) is 0 Å². The quantitative estimate of drug-likeness (QED) is 0.329. The number of hydrogen-bond donors (Lipinski definition) is 1. The Morgan fingerprint density at radius 1 is 0.750 bits per heavy atom. The van der Waals surface area contributed by atoms with Crippen molar-refractivity contribution in [3.8, 4) is 22.4 Å². The molecule has 0 radical (unpaired) electrons. The molecule has 3 aromatic carbocycles. The Morgan fingerprint density at radius 2 is 1.44 bits per heavy atom. The zero-order valence-corrected chi connectivity index (χ0v) is 21.2. The summed E-state index contributed by atoms with van der Waals surface area (Å²) in [5, 5.41) is 0. The van der Waals surface area contributed by atoms with E-state index in [2.05, 4.69) is 118 Å². The number of nitrogens with two attached hydrogens (primary N) is 1. The van der Waals surface area contributed by atoms with Gasteiger partial charge in [0, 0.05) is 28.4 Å². The number of fused-ring (bicyclic) bond motifs is 2. The summed E-state index contributed by atoms with van der Waals surface area (Å²) >= 11 is 0. The van der Waals surface area contributed by atoms with E-state index < -0.39 is 0 Å². The number of benzene rings is 3. The smallest absolute Gasteiger partial charge is 0.0708 e. The van der Waals surface area contributed by atoms with Gasteiger partial charge in [-0.25, -0.2) is 0 Å². The molecule has 1 unspecified atom stereocenters. The van der Waals surface area contributed by atoms with Crippen LogP contribution in [0.4, 0.5) is 0 Å². The third-order valence-electron chi connectivity index (χ3n) is 8.12. The predicted molar refractivity (Wildman–Crippen MR) is 151 cm³/mol. The van der Waals surface area contributed by atoms with Crippen LogP contribution in [0.15, 0.2) is 109 Å². The van der Waals surface area contributed by atoms with Crippen molar-refractivity contribution >= 4 is 11.3 Å². The van der Waals surface area contributed by atoms with Gasteiger partial charge in [0.2, 0.25) is 0 Å². The van der Waals surface area contributed by atoms with Gasteiger partial charge in [0.05, 0.1) is 5.69 Å². The number of allylic oxidation sites excluding steroid dienone is 2. The molecule has 6 rings (SSSR count). The van der Waals surface area contributed by atoms with Gasteiger partial charge in [-0.2, -0.15) is 0 Å². The minimum absolute atomic E-state index is 0.0582. The molecule has 178 valence electrons. The lowest BCUT2D eigenvalue weighted by molar-refractivity contribution is 0.258. The highest BCUT2D eigenvalue weighted by Crippen LogP contribution is 2.66. The van der Waals surface area contributed by atoms with Crippen molar-refractivity contribution in [1.82, 2.24) is 4.98 Å². The number of rotatable bonds is 3. The first kappa shape index (κ1) is 22.5. The molecule has 1 heterocycles. The summed E-state index contributed by atoms with van der Waals surface area (Å²) in [5.41, 5.74) is 17.3. The zero-order chi connectivity index (χ0) is 24.9. The molecule has 36 heavy (non-hydrogen) atoms.